The lowest BCUT2D eigenvalue weighted by molar-refractivity contribution is -0.118. The van der Waals surface area contributed by atoms with E-state index in [9.17, 15) is 4.79 Å². The number of aliphatic hydroxyl groups is 1. The lowest BCUT2D eigenvalue weighted by Gasteiger charge is -2.20. The molecule has 1 aliphatic heterocycles. The number of amides is 1. The van der Waals surface area contributed by atoms with Gasteiger partial charge in [-0.3, -0.25) is 4.79 Å². The molecule has 3 nitrogen and oxygen atoms in total. The van der Waals surface area contributed by atoms with Crippen molar-refractivity contribution in [2.75, 3.05) is 11.4 Å². The molecule has 2 rings (SSSR count). The van der Waals surface area contributed by atoms with Crippen molar-refractivity contribution in [3.8, 4) is 0 Å². The quantitative estimate of drug-likeness (QED) is 0.838. The van der Waals surface area contributed by atoms with E-state index in [0.29, 0.717) is 13.0 Å². The van der Waals surface area contributed by atoms with Crippen LogP contribution in [-0.4, -0.2) is 22.9 Å². The number of nitrogens with zero attached hydrogens (tertiary/aromatic N) is 1. The predicted octanol–water partition coefficient (Wildman–Crippen LogP) is 2.09. The molecule has 0 saturated heterocycles. The molecule has 17 heavy (non-hydrogen) atoms. The molecule has 1 heterocycles. The van der Waals surface area contributed by atoms with Crippen LogP contribution in [0.4, 0.5) is 5.69 Å². The van der Waals surface area contributed by atoms with Crippen molar-refractivity contribution in [1.29, 1.82) is 0 Å². The van der Waals surface area contributed by atoms with Crippen molar-refractivity contribution in [3.05, 3.63) is 29.3 Å². The van der Waals surface area contributed by atoms with Crippen LogP contribution < -0.4 is 4.90 Å². The molecule has 0 bridgehead atoms. The van der Waals surface area contributed by atoms with E-state index in [-0.39, 0.29) is 12.5 Å². The van der Waals surface area contributed by atoms with E-state index < -0.39 is 5.38 Å². The summed E-state index contributed by atoms with van der Waals surface area (Å²) in [5.41, 5.74) is 2.88. The van der Waals surface area contributed by atoms with Crippen molar-refractivity contribution in [3.63, 3.8) is 0 Å². The number of rotatable bonds is 3. The van der Waals surface area contributed by atoms with Gasteiger partial charge >= 0.3 is 0 Å². The summed E-state index contributed by atoms with van der Waals surface area (Å²) in [7, 11) is 0. The molecule has 1 unspecified atom stereocenters. The van der Waals surface area contributed by atoms with Crippen LogP contribution in [0.25, 0.3) is 0 Å². The smallest absolute Gasteiger partial charge is 0.245 e. The molecule has 0 radical (unpaired) electrons. The van der Waals surface area contributed by atoms with Crippen LogP contribution in [0.15, 0.2) is 18.2 Å². The topological polar surface area (TPSA) is 40.5 Å². The van der Waals surface area contributed by atoms with Crippen LogP contribution in [-0.2, 0) is 17.8 Å². The van der Waals surface area contributed by atoms with Crippen molar-refractivity contribution in [2.45, 2.75) is 31.7 Å². The molecule has 1 aliphatic rings. The van der Waals surface area contributed by atoms with Crippen LogP contribution in [0.2, 0.25) is 0 Å². The first-order valence-electron chi connectivity index (χ1n) is 5.85. The number of hydrogen-bond acceptors (Lipinski definition) is 2. The first kappa shape index (κ1) is 12.4. The Balaban J connectivity index is 2.29. The molecule has 1 atom stereocenters. The second-order valence-electron chi connectivity index (χ2n) is 4.24. The third kappa shape index (κ3) is 2.31. The molecule has 0 aliphatic carbocycles. The fraction of sp³-hybridized carbons (Fsp3) is 0.462. The SMILES string of the molecule is CCC(Cl)C(=O)N1CCc2ccc(CO)cc21. The van der Waals surface area contributed by atoms with E-state index in [1.165, 1.54) is 0 Å². The van der Waals surface area contributed by atoms with Gasteiger partial charge in [0.1, 0.15) is 5.38 Å². The lowest BCUT2D eigenvalue weighted by atomic mass is 10.1. The number of anilines is 1. The summed E-state index contributed by atoms with van der Waals surface area (Å²) in [6.45, 7) is 2.58. The number of hydrogen-bond donors (Lipinski definition) is 1. The molecule has 0 spiro atoms. The number of halogens is 1. The Morgan fingerprint density at radius 3 is 3.00 bits per heavy atom. The van der Waals surface area contributed by atoms with E-state index in [0.717, 1.165) is 23.2 Å². The second kappa shape index (κ2) is 5.07. The average Bonchev–Trinajstić information content (AvgIpc) is 2.79. The number of alkyl halides is 1. The maximum atomic E-state index is 12.1. The molecule has 0 aromatic heterocycles. The first-order valence-corrected chi connectivity index (χ1v) is 6.29. The van der Waals surface area contributed by atoms with E-state index in [1.807, 2.05) is 25.1 Å². The van der Waals surface area contributed by atoms with Crippen molar-refractivity contribution in [2.24, 2.45) is 0 Å². The van der Waals surface area contributed by atoms with Crippen LogP contribution in [0.5, 0.6) is 0 Å². The van der Waals surface area contributed by atoms with Gasteiger partial charge in [-0.1, -0.05) is 19.1 Å². The zero-order valence-corrected chi connectivity index (χ0v) is 10.6. The standard InChI is InChI=1S/C13H16ClNO2/c1-2-11(14)13(17)15-6-5-10-4-3-9(8-16)7-12(10)15/h3-4,7,11,16H,2,5-6,8H2,1H3. The first-order chi connectivity index (χ1) is 8.17. The fourth-order valence-corrected chi connectivity index (χ4v) is 2.21. The largest absolute Gasteiger partial charge is 0.392 e. The van der Waals surface area contributed by atoms with E-state index in [4.69, 9.17) is 16.7 Å². The highest BCUT2D eigenvalue weighted by molar-refractivity contribution is 6.32. The summed E-state index contributed by atoms with van der Waals surface area (Å²) < 4.78 is 0. The lowest BCUT2D eigenvalue weighted by Crippen LogP contribution is -2.35. The Labute approximate surface area is 106 Å². The molecule has 1 amide bonds. The van der Waals surface area contributed by atoms with Crippen LogP contribution in [0, 0.1) is 0 Å². The van der Waals surface area contributed by atoms with Gasteiger partial charge in [0.05, 0.1) is 6.61 Å². The summed E-state index contributed by atoms with van der Waals surface area (Å²) >= 11 is 6.00. The van der Waals surface area contributed by atoms with Crippen LogP contribution >= 0.6 is 11.6 Å². The fourth-order valence-electron chi connectivity index (χ4n) is 2.10. The Hall–Kier alpha value is -1.06. The van der Waals surface area contributed by atoms with Gasteiger partial charge in [-0.05, 0) is 30.0 Å². The molecule has 0 fully saturated rings. The van der Waals surface area contributed by atoms with Gasteiger partial charge in [0.15, 0.2) is 0 Å². The monoisotopic (exact) mass is 253 g/mol. The number of fused-ring (bicyclic) bond motifs is 1. The van der Waals surface area contributed by atoms with Crippen LogP contribution in [0.3, 0.4) is 0 Å². The van der Waals surface area contributed by atoms with Gasteiger partial charge in [0.25, 0.3) is 0 Å². The minimum absolute atomic E-state index is 0.00656. The van der Waals surface area contributed by atoms with Crippen LogP contribution in [0.1, 0.15) is 24.5 Å². The van der Waals surface area contributed by atoms with E-state index >= 15 is 0 Å². The van der Waals surface area contributed by atoms with Gasteiger partial charge in [-0.25, -0.2) is 0 Å². The zero-order chi connectivity index (χ0) is 12.4. The summed E-state index contributed by atoms with van der Waals surface area (Å²) in [5.74, 6) is -0.0389. The van der Waals surface area contributed by atoms with Crippen molar-refractivity contribution < 1.29 is 9.90 Å². The normalized spacial score (nSPS) is 15.8. The molecule has 1 N–H and O–H groups in total. The van der Waals surface area contributed by atoms with Crippen molar-refractivity contribution in [1.82, 2.24) is 0 Å². The molecular formula is C13H16ClNO2. The average molecular weight is 254 g/mol. The summed E-state index contributed by atoms with van der Waals surface area (Å²) in [4.78, 5) is 13.8. The maximum Gasteiger partial charge on any atom is 0.245 e. The number of carbonyl (C=O) groups excluding carboxylic acids is 1. The van der Waals surface area contributed by atoms with Crippen molar-refractivity contribution >= 4 is 23.2 Å². The molecule has 1 aromatic rings. The molecular weight excluding hydrogens is 238 g/mol. The van der Waals surface area contributed by atoms with E-state index in [2.05, 4.69) is 0 Å². The summed E-state index contributed by atoms with van der Waals surface area (Å²) in [6, 6.07) is 5.74. The Bertz CT molecular complexity index is 433. The van der Waals surface area contributed by atoms with E-state index in [1.54, 1.807) is 4.90 Å². The highest BCUT2D eigenvalue weighted by Gasteiger charge is 2.28. The minimum atomic E-state index is -0.460. The summed E-state index contributed by atoms with van der Waals surface area (Å²) in [6.07, 6.45) is 1.49. The third-order valence-electron chi connectivity index (χ3n) is 3.12. The highest BCUT2D eigenvalue weighted by atomic mass is 35.5. The summed E-state index contributed by atoms with van der Waals surface area (Å²) in [5, 5.41) is 8.66. The Kier molecular flexibility index (Phi) is 3.69. The molecule has 1 aromatic carbocycles. The third-order valence-corrected chi connectivity index (χ3v) is 3.62. The van der Waals surface area contributed by atoms with Gasteiger partial charge in [-0.2, -0.15) is 0 Å². The molecule has 4 heteroatoms. The maximum absolute atomic E-state index is 12.1. The van der Waals surface area contributed by atoms with Gasteiger partial charge in [0, 0.05) is 12.2 Å². The molecule has 92 valence electrons. The Morgan fingerprint density at radius 1 is 1.59 bits per heavy atom. The number of carbonyl (C=O) groups is 1. The number of benzene rings is 1. The van der Waals surface area contributed by atoms with Gasteiger partial charge in [0.2, 0.25) is 5.91 Å². The minimum Gasteiger partial charge on any atom is -0.392 e. The second-order valence-corrected chi connectivity index (χ2v) is 4.76. The molecule has 0 saturated carbocycles. The zero-order valence-electron chi connectivity index (χ0n) is 9.82. The van der Waals surface area contributed by atoms with Gasteiger partial charge in [-0.15, -0.1) is 11.6 Å². The van der Waals surface area contributed by atoms with Gasteiger partial charge < -0.3 is 10.0 Å². The number of aliphatic hydroxyl groups excluding tert-OH is 1. The predicted molar refractivity (Wildman–Crippen MR) is 68.4 cm³/mol. The Morgan fingerprint density at radius 2 is 2.35 bits per heavy atom. The highest BCUT2D eigenvalue weighted by Crippen LogP contribution is 2.30.